The molecule has 0 spiro atoms. The molecule has 1 aromatic rings. The van der Waals surface area contributed by atoms with Gasteiger partial charge in [0.05, 0.1) is 6.54 Å². The van der Waals surface area contributed by atoms with E-state index in [-0.39, 0.29) is 0 Å². The zero-order valence-electron chi connectivity index (χ0n) is 15.7. The first-order valence-corrected chi connectivity index (χ1v) is 10.7. The molecule has 5 heteroatoms. The summed E-state index contributed by atoms with van der Waals surface area (Å²) in [7, 11) is 1.19. The second-order valence-electron chi connectivity index (χ2n) is 6.07. The van der Waals surface area contributed by atoms with Crippen LogP contribution in [0.2, 0.25) is 0 Å². The van der Waals surface area contributed by atoms with Crippen molar-refractivity contribution in [2.75, 3.05) is 32.4 Å². The Hall–Kier alpha value is -1.62. The van der Waals surface area contributed by atoms with Crippen molar-refractivity contribution in [2.24, 2.45) is 4.99 Å². The molecule has 1 N–H and O–H groups in total. The van der Waals surface area contributed by atoms with Crippen LogP contribution in [-0.2, 0) is 16.6 Å². The average molecular weight is 364 g/mol. The Kier molecular flexibility index (Phi) is 11.7. The SMILES string of the molecule is C=CCCCCCN(C)C(=NCCS(=O)Cc1ccccc1)NCC. The standard InChI is InChI=1S/C20H33N3OS/c1-4-6-7-8-12-16-23(3)20(21-5-2)22-15-17-25(24)18-19-13-10-9-11-14-19/h4,9-11,13-14H,1,5-8,12,15-18H2,2-3H3,(H,21,22). The summed E-state index contributed by atoms with van der Waals surface area (Å²) in [4.78, 5) is 6.80. The Morgan fingerprint density at radius 1 is 1.28 bits per heavy atom. The fourth-order valence-corrected chi connectivity index (χ4v) is 3.48. The van der Waals surface area contributed by atoms with Crippen molar-refractivity contribution in [2.45, 2.75) is 38.4 Å². The third-order valence-corrected chi connectivity index (χ3v) is 5.14. The summed E-state index contributed by atoms with van der Waals surface area (Å²) in [5.74, 6) is 2.10. The summed E-state index contributed by atoms with van der Waals surface area (Å²) in [6.45, 7) is 8.23. The van der Waals surface area contributed by atoms with Gasteiger partial charge in [0, 0.05) is 42.4 Å². The Morgan fingerprint density at radius 3 is 2.72 bits per heavy atom. The molecule has 4 nitrogen and oxygen atoms in total. The highest BCUT2D eigenvalue weighted by molar-refractivity contribution is 7.84. The number of rotatable bonds is 12. The molecule has 0 amide bonds. The van der Waals surface area contributed by atoms with Crippen molar-refractivity contribution in [1.29, 1.82) is 0 Å². The van der Waals surface area contributed by atoms with Crippen LogP contribution in [0.3, 0.4) is 0 Å². The molecule has 0 heterocycles. The van der Waals surface area contributed by atoms with E-state index in [2.05, 4.69) is 35.8 Å². The fourth-order valence-electron chi connectivity index (χ4n) is 2.48. The summed E-state index contributed by atoms with van der Waals surface area (Å²) in [6.07, 6.45) is 6.62. The maximum Gasteiger partial charge on any atom is 0.193 e. The first-order valence-electron chi connectivity index (χ1n) is 9.16. The van der Waals surface area contributed by atoms with Gasteiger partial charge in [-0.25, -0.2) is 0 Å². The highest BCUT2D eigenvalue weighted by Crippen LogP contribution is 2.04. The van der Waals surface area contributed by atoms with Gasteiger partial charge in [-0.1, -0.05) is 42.8 Å². The van der Waals surface area contributed by atoms with Gasteiger partial charge in [-0.2, -0.15) is 0 Å². The zero-order chi connectivity index (χ0) is 18.3. The van der Waals surface area contributed by atoms with E-state index in [4.69, 9.17) is 0 Å². The van der Waals surface area contributed by atoms with Crippen LogP contribution in [0, 0.1) is 0 Å². The lowest BCUT2D eigenvalue weighted by atomic mass is 10.2. The molecule has 0 aliphatic heterocycles. The van der Waals surface area contributed by atoms with Crippen molar-refractivity contribution in [3.63, 3.8) is 0 Å². The Balaban J connectivity index is 2.37. The van der Waals surface area contributed by atoms with Crippen LogP contribution in [0.25, 0.3) is 0 Å². The smallest absolute Gasteiger partial charge is 0.193 e. The maximum absolute atomic E-state index is 12.2. The highest BCUT2D eigenvalue weighted by Gasteiger charge is 2.06. The molecule has 0 saturated carbocycles. The quantitative estimate of drug-likeness (QED) is 0.267. The van der Waals surface area contributed by atoms with Crippen LogP contribution < -0.4 is 5.32 Å². The van der Waals surface area contributed by atoms with Gasteiger partial charge in [0.25, 0.3) is 0 Å². The molecule has 0 aliphatic rings. The third-order valence-electron chi connectivity index (χ3n) is 3.85. The molecule has 0 radical (unpaired) electrons. The third kappa shape index (κ3) is 10.1. The predicted molar refractivity (Wildman–Crippen MR) is 110 cm³/mol. The first kappa shape index (κ1) is 21.4. The average Bonchev–Trinajstić information content (AvgIpc) is 2.61. The van der Waals surface area contributed by atoms with Gasteiger partial charge < -0.3 is 10.2 Å². The van der Waals surface area contributed by atoms with Crippen LogP contribution in [-0.4, -0.2) is 47.5 Å². The summed E-state index contributed by atoms with van der Waals surface area (Å²) < 4.78 is 12.2. The van der Waals surface area contributed by atoms with Gasteiger partial charge in [0.15, 0.2) is 5.96 Å². The Bertz CT molecular complexity index is 531. The van der Waals surface area contributed by atoms with E-state index in [1.807, 2.05) is 36.4 Å². The molecule has 1 unspecified atom stereocenters. The number of nitrogens with zero attached hydrogens (tertiary/aromatic N) is 2. The number of hydrogen-bond acceptors (Lipinski definition) is 2. The number of guanidine groups is 1. The molecule has 0 aromatic heterocycles. The molecule has 0 bridgehead atoms. The van der Waals surface area contributed by atoms with Gasteiger partial charge >= 0.3 is 0 Å². The maximum atomic E-state index is 12.2. The Morgan fingerprint density at radius 2 is 2.04 bits per heavy atom. The molecular formula is C20H33N3OS. The fraction of sp³-hybridized carbons (Fsp3) is 0.550. The van der Waals surface area contributed by atoms with Gasteiger partial charge in [-0.05, 0) is 31.7 Å². The monoisotopic (exact) mass is 363 g/mol. The minimum atomic E-state index is -0.877. The lowest BCUT2D eigenvalue weighted by molar-refractivity contribution is 0.456. The number of nitrogens with one attached hydrogen (secondary N) is 1. The molecule has 25 heavy (non-hydrogen) atoms. The van der Waals surface area contributed by atoms with E-state index in [1.54, 1.807) is 0 Å². The number of hydrogen-bond donors (Lipinski definition) is 1. The summed E-state index contributed by atoms with van der Waals surface area (Å²) >= 11 is 0. The minimum absolute atomic E-state index is 0.586. The van der Waals surface area contributed by atoms with E-state index >= 15 is 0 Å². The van der Waals surface area contributed by atoms with Gasteiger partial charge in [-0.3, -0.25) is 9.20 Å². The van der Waals surface area contributed by atoms with Crippen molar-refractivity contribution in [3.8, 4) is 0 Å². The van der Waals surface area contributed by atoms with Crippen LogP contribution >= 0.6 is 0 Å². The van der Waals surface area contributed by atoms with Gasteiger partial charge in [-0.15, -0.1) is 6.58 Å². The van der Waals surface area contributed by atoms with Gasteiger partial charge in [0.2, 0.25) is 0 Å². The minimum Gasteiger partial charge on any atom is -0.357 e. The molecule has 1 atom stereocenters. The Labute approximate surface area is 155 Å². The van der Waals surface area contributed by atoms with E-state index in [0.29, 0.717) is 18.1 Å². The molecule has 1 rings (SSSR count). The zero-order valence-corrected chi connectivity index (χ0v) is 16.6. The number of allylic oxidation sites excluding steroid dienone is 1. The van der Waals surface area contributed by atoms with Crippen LogP contribution in [0.15, 0.2) is 48.0 Å². The van der Waals surface area contributed by atoms with E-state index < -0.39 is 10.8 Å². The largest absolute Gasteiger partial charge is 0.357 e. The second kappa shape index (κ2) is 13.6. The summed E-state index contributed by atoms with van der Waals surface area (Å²) in [5, 5.41) is 3.32. The van der Waals surface area contributed by atoms with Crippen LogP contribution in [0.1, 0.15) is 38.2 Å². The number of aliphatic imine (C=N–C) groups is 1. The molecule has 0 aliphatic carbocycles. The first-order chi connectivity index (χ1) is 12.2. The predicted octanol–water partition coefficient (Wildman–Crippen LogP) is 3.58. The lowest BCUT2D eigenvalue weighted by Gasteiger charge is -2.22. The van der Waals surface area contributed by atoms with Crippen molar-refractivity contribution in [3.05, 3.63) is 48.6 Å². The summed E-state index contributed by atoms with van der Waals surface area (Å²) in [6, 6.07) is 9.99. The van der Waals surface area contributed by atoms with Crippen molar-refractivity contribution in [1.82, 2.24) is 10.2 Å². The van der Waals surface area contributed by atoms with E-state index in [9.17, 15) is 4.21 Å². The van der Waals surface area contributed by atoms with Gasteiger partial charge in [0.1, 0.15) is 0 Å². The van der Waals surface area contributed by atoms with Crippen molar-refractivity contribution < 1.29 is 4.21 Å². The van der Waals surface area contributed by atoms with E-state index in [1.165, 1.54) is 12.8 Å². The highest BCUT2D eigenvalue weighted by atomic mass is 32.2. The van der Waals surface area contributed by atoms with E-state index in [0.717, 1.165) is 37.5 Å². The normalized spacial score (nSPS) is 12.6. The van der Waals surface area contributed by atoms with Crippen molar-refractivity contribution >= 4 is 16.8 Å². The molecule has 140 valence electrons. The molecule has 0 fully saturated rings. The number of benzene rings is 1. The van der Waals surface area contributed by atoms with Crippen LogP contribution in [0.5, 0.6) is 0 Å². The molecule has 1 aromatic carbocycles. The second-order valence-corrected chi connectivity index (χ2v) is 7.65. The molecular weight excluding hydrogens is 330 g/mol. The summed E-state index contributed by atoms with van der Waals surface area (Å²) in [5.41, 5.74) is 1.12. The molecule has 0 saturated heterocycles. The topological polar surface area (TPSA) is 44.7 Å². The number of unbranched alkanes of at least 4 members (excludes halogenated alkanes) is 3. The van der Waals surface area contributed by atoms with Crippen LogP contribution in [0.4, 0.5) is 0 Å². The lowest BCUT2D eigenvalue weighted by Crippen LogP contribution is -2.39.